The molecule has 0 saturated carbocycles. The number of rotatable bonds is 8. The second-order valence-electron chi connectivity index (χ2n) is 7.05. The molecule has 0 aliphatic heterocycles. The van der Waals surface area contributed by atoms with E-state index in [1.807, 2.05) is 12.1 Å². The summed E-state index contributed by atoms with van der Waals surface area (Å²) >= 11 is 3.37. The molecule has 0 fully saturated rings. The maximum absolute atomic E-state index is 9.92. The van der Waals surface area contributed by atoms with Crippen LogP contribution >= 0.6 is 22.7 Å². The summed E-state index contributed by atoms with van der Waals surface area (Å²) in [6.45, 7) is 3.86. The van der Waals surface area contributed by atoms with Gasteiger partial charge in [0.25, 0.3) is 0 Å². The first-order valence-electron chi connectivity index (χ1n) is 9.88. The van der Waals surface area contributed by atoms with Gasteiger partial charge in [-0.1, -0.05) is 19.1 Å². The van der Waals surface area contributed by atoms with E-state index in [1.54, 1.807) is 29.6 Å². The van der Waals surface area contributed by atoms with Gasteiger partial charge in [-0.25, -0.2) is 15.0 Å². The van der Waals surface area contributed by atoms with Crippen molar-refractivity contribution in [2.45, 2.75) is 38.9 Å². The molecule has 0 aliphatic carbocycles. The first-order valence-corrected chi connectivity index (χ1v) is 11.6. The van der Waals surface area contributed by atoms with Gasteiger partial charge in [0.1, 0.15) is 24.5 Å². The molecule has 3 aromatic heterocycles. The Morgan fingerprint density at radius 2 is 1.73 bits per heavy atom. The first-order chi connectivity index (χ1) is 14.7. The standard InChI is InChI=1S/C23H23N3O2S2/c1-3-17(10-15(2)27)28-19-12-16(20-6-4-8-29-20)11-18(21-7-5-9-30-21)22(19)23-25-13-24-14-26-23/h4-9,11-15,17,27H,3,10H2,1-2H3. The number of ether oxygens (including phenoxy) is 1. The van der Waals surface area contributed by atoms with Crippen LogP contribution in [-0.2, 0) is 0 Å². The van der Waals surface area contributed by atoms with Crippen molar-refractivity contribution in [2.75, 3.05) is 0 Å². The van der Waals surface area contributed by atoms with E-state index >= 15 is 0 Å². The van der Waals surface area contributed by atoms with Gasteiger partial charge < -0.3 is 9.84 Å². The molecule has 0 radical (unpaired) electrons. The highest BCUT2D eigenvalue weighted by Crippen LogP contribution is 2.44. The van der Waals surface area contributed by atoms with Gasteiger partial charge in [-0.15, -0.1) is 22.7 Å². The van der Waals surface area contributed by atoms with E-state index in [4.69, 9.17) is 4.74 Å². The third-order valence-corrected chi connectivity index (χ3v) is 6.59. The number of nitrogens with zero attached hydrogens (tertiary/aromatic N) is 3. The van der Waals surface area contributed by atoms with Crippen LogP contribution in [0.2, 0.25) is 0 Å². The number of aliphatic hydroxyl groups excluding tert-OH is 1. The summed E-state index contributed by atoms with van der Waals surface area (Å²) < 4.78 is 6.49. The molecule has 7 heteroatoms. The van der Waals surface area contributed by atoms with Crippen LogP contribution in [-0.4, -0.2) is 32.3 Å². The molecule has 5 nitrogen and oxygen atoms in total. The molecule has 2 unspecified atom stereocenters. The highest BCUT2D eigenvalue weighted by molar-refractivity contribution is 7.14. The van der Waals surface area contributed by atoms with Gasteiger partial charge >= 0.3 is 0 Å². The first kappa shape index (κ1) is 20.7. The summed E-state index contributed by atoms with van der Waals surface area (Å²) in [4.78, 5) is 15.1. The van der Waals surface area contributed by atoms with Gasteiger partial charge in [0.2, 0.25) is 0 Å². The molecule has 0 aliphatic rings. The van der Waals surface area contributed by atoms with Crippen LogP contribution in [0, 0.1) is 0 Å². The lowest BCUT2D eigenvalue weighted by atomic mass is 9.99. The van der Waals surface area contributed by atoms with E-state index < -0.39 is 6.10 Å². The van der Waals surface area contributed by atoms with E-state index in [-0.39, 0.29) is 6.10 Å². The van der Waals surface area contributed by atoms with Gasteiger partial charge in [0.05, 0.1) is 11.7 Å². The van der Waals surface area contributed by atoms with Crippen LogP contribution in [0.3, 0.4) is 0 Å². The zero-order valence-corrected chi connectivity index (χ0v) is 18.5. The number of hydrogen-bond acceptors (Lipinski definition) is 7. The third-order valence-electron chi connectivity index (χ3n) is 4.76. The van der Waals surface area contributed by atoms with Gasteiger partial charge in [-0.05, 0) is 53.9 Å². The predicted molar refractivity (Wildman–Crippen MR) is 123 cm³/mol. The largest absolute Gasteiger partial charge is 0.490 e. The van der Waals surface area contributed by atoms with Crippen molar-refractivity contribution in [3.8, 4) is 38.0 Å². The molecule has 0 saturated heterocycles. The fourth-order valence-corrected chi connectivity index (χ4v) is 4.84. The number of aromatic nitrogens is 3. The monoisotopic (exact) mass is 437 g/mol. The Morgan fingerprint density at radius 1 is 1.03 bits per heavy atom. The molecule has 0 spiro atoms. The topological polar surface area (TPSA) is 68.1 Å². The number of hydrogen-bond donors (Lipinski definition) is 1. The van der Waals surface area contributed by atoms with Gasteiger partial charge in [0.15, 0.2) is 5.82 Å². The smallest absolute Gasteiger partial charge is 0.167 e. The summed E-state index contributed by atoms with van der Waals surface area (Å²) in [7, 11) is 0. The average molecular weight is 438 g/mol. The zero-order valence-electron chi connectivity index (χ0n) is 16.9. The summed E-state index contributed by atoms with van der Waals surface area (Å²) in [5.74, 6) is 1.30. The van der Waals surface area contributed by atoms with Crippen LogP contribution in [0.4, 0.5) is 0 Å². The fourth-order valence-electron chi connectivity index (χ4n) is 3.38. The Labute approximate surface area is 184 Å². The highest BCUT2D eigenvalue weighted by atomic mass is 32.1. The summed E-state index contributed by atoms with van der Waals surface area (Å²) in [5, 5.41) is 14.1. The molecule has 3 heterocycles. The lowest BCUT2D eigenvalue weighted by Gasteiger charge is -2.22. The SMILES string of the molecule is CCC(CC(C)O)Oc1cc(-c2cccs2)cc(-c2cccs2)c1-c1ncncn1. The van der Waals surface area contributed by atoms with Crippen LogP contribution in [0.5, 0.6) is 5.75 Å². The van der Waals surface area contributed by atoms with Crippen molar-refractivity contribution in [3.63, 3.8) is 0 Å². The second kappa shape index (κ2) is 9.47. The van der Waals surface area contributed by atoms with Crippen molar-refractivity contribution < 1.29 is 9.84 Å². The molecule has 30 heavy (non-hydrogen) atoms. The van der Waals surface area contributed by atoms with E-state index in [0.29, 0.717) is 12.2 Å². The lowest BCUT2D eigenvalue weighted by molar-refractivity contribution is 0.104. The van der Waals surface area contributed by atoms with E-state index in [0.717, 1.165) is 33.7 Å². The Kier molecular flexibility index (Phi) is 6.52. The van der Waals surface area contributed by atoms with Crippen molar-refractivity contribution in [1.29, 1.82) is 0 Å². The summed E-state index contributed by atoms with van der Waals surface area (Å²) in [6, 6.07) is 12.5. The molecule has 1 aromatic carbocycles. The second-order valence-corrected chi connectivity index (χ2v) is 8.94. The van der Waals surface area contributed by atoms with Crippen LogP contribution in [0.25, 0.3) is 32.3 Å². The molecule has 1 N–H and O–H groups in total. The Bertz CT molecular complexity index is 1070. The predicted octanol–water partition coefficient (Wildman–Crippen LogP) is 5.92. The molecule has 2 atom stereocenters. The van der Waals surface area contributed by atoms with Crippen LogP contribution in [0.1, 0.15) is 26.7 Å². The van der Waals surface area contributed by atoms with Gasteiger partial charge in [0, 0.05) is 21.7 Å². The minimum Gasteiger partial charge on any atom is -0.490 e. The maximum Gasteiger partial charge on any atom is 0.167 e. The van der Waals surface area contributed by atoms with Gasteiger partial charge in [-0.2, -0.15) is 0 Å². The van der Waals surface area contributed by atoms with Crippen molar-refractivity contribution in [2.24, 2.45) is 0 Å². The van der Waals surface area contributed by atoms with E-state index in [9.17, 15) is 5.11 Å². The van der Waals surface area contributed by atoms with Crippen LogP contribution in [0.15, 0.2) is 59.8 Å². The van der Waals surface area contributed by atoms with Crippen molar-refractivity contribution in [1.82, 2.24) is 15.0 Å². The number of aliphatic hydroxyl groups is 1. The van der Waals surface area contributed by atoms with E-state index in [1.165, 1.54) is 17.5 Å². The van der Waals surface area contributed by atoms with E-state index in [2.05, 4.69) is 56.9 Å². The minimum absolute atomic E-state index is 0.111. The minimum atomic E-state index is -0.437. The third kappa shape index (κ3) is 4.59. The Balaban J connectivity index is 1.93. The molecule has 0 amide bonds. The maximum atomic E-state index is 9.92. The number of thiophene rings is 2. The van der Waals surface area contributed by atoms with Crippen LogP contribution < -0.4 is 4.74 Å². The highest BCUT2D eigenvalue weighted by Gasteiger charge is 2.22. The molecule has 154 valence electrons. The van der Waals surface area contributed by atoms with Crippen molar-refractivity contribution in [3.05, 3.63) is 59.8 Å². The molecule has 4 aromatic rings. The Hall–Kier alpha value is -2.61. The zero-order chi connectivity index (χ0) is 20.9. The Morgan fingerprint density at radius 3 is 2.33 bits per heavy atom. The fraction of sp³-hybridized carbons (Fsp3) is 0.261. The van der Waals surface area contributed by atoms with Gasteiger partial charge in [-0.3, -0.25) is 0 Å². The molecule has 4 rings (SSSR count). The van der Waals surface area contributed by atoms with Crippen molar-refractivity contribution >= 4 is 22.7 Å². The molecular weight excluding hydrogens is 414 g/mol. The lowest BCUT2D eigenvalue weighted by Crippen LogP contribution is -2.21. The summed E-state index contributed by atoms with van der Waals surface area (Å²) in [6.07, 6.45) is 3.81. The molecular formula is C23H23N3O2S2. The molecule has 0 bridgehead atoms. The number of benzene rings is 1. The summed E-state index contributed by atoms with van der Waals surface area (Å²) in [5.41, 5.74) is 2.97. The quantitative estimate of drug-likeness (QED) is 0.370. The average Bonchev–Trinajstić information content (AvgIpc) is 3.47. The normalized spacial score (nSPS) is 13.2.